The minimum Gasteiger partial charge on any atom is -0.373 e. The zero-order chi connectivity index (χ0) is 13.0. The van der Waals surface area contributed by atoms with Gasteiger partial charge in [-0.25, -0.2) is 0 Å². The van der Waals surface area contributed by atoms with Crippen LogP contribution in [0.3, 0.4) is 0 Å². The van der Waals surface area contributed by atoms with E-state index in [0.717, 1.165) is 19.7 Å². The van der Waals surface area contributed by atoms with Crippen LogP contribution in [0, 0.1) is 18.8 Å². The lowest BCUT2D eigenvalue weighted by molar-refractivity contribution is 0.0903. The molecule has 100 valence electrons. The first kappa shape index (κ1) is 13.6. The Labute approximate surface area is 111 Å². The Kier molecular flexibility index (Phi) is 4.79. The number of nitrogens with one attached hydrogen (secondary N) is 1. The molecule has 1 heterocycles. The number of rotatable bonds is 5. The molecule has 2 rings (SSSR count). The maximum Gasteiger partial charge on any atom is 0.0866 e. The van der Waals surface area contributed by atoms with Gasteiger partial charge in [-0.2, -0.15) is 0 Å². The lowest BCUT2D eigenvalue weighted by Gasteiger charge is -2.20. The summed E-state index contributed by atoms with van der Waals surface area (Å²) >= 11 is 0. The summed E-state index contributed by atoms with van der Waals surface area (Å²) in [4.78, 5) is 0. The van der Waals surface area contributed by atoms with Gasteiger partial charge in [0.05, 0.1) is 6.10 Å². The summed E-state index contributed by atoms with van der Waals surface area (Å²) < 4.78 is 5.92. The van der Waals surface area contributed by atoms with Gasteiger partial charge in [-0.05, 0) is 31.4 Å². The van der Waals surface area contributed by atoms with Crippen molar-refractivity contribution in [3.05, 3.63) is 35.4 Å². The van der Waals surface area contributed by atoms with E-state index >= 15 is 0 Å². The topological polar surface area (TPSA) is 21.3 Å². The molecule has 1 fully saturated rings. The van der Waals surface area contributed by atoms with Crippen molar-refractivity contribution in [2.45, 2.75) is 33.3 Å². The largest absolute Gasteiger partial charge is 0.373 e. The summed E-state index contributed by atoms with van der Waals surface area (Å²) in [6.07, 6.45) is 1.45. The van der Waals surface area contributed by atoms with Gasteiger partial charge in [0.15, 0.2) is 0 Å². The molecule has 1 aliphatic rings. The maximum atomic E-state index is 5.92. The first-order valence-corrected chi connectivity index (χ1v) is 7.05. The first-order chi connectivity index (χ1) is 8.66. The average Bonchev–Trinajstić information content (AvgIpc) is 2.77. The maximum absolute atomic E-state index is 5.92. The molecule has 0 aromatic heterocycles. The number of hydrogen-bond acceptors (Lipinski definition) is 2. The third-order valence-electron chi connectivity index (χ3n) is 3.54. The van der Waals surface area contributed by atoms with Crippen molar-refractivity contribution < 1.29 is 4.74 Å². The number of aryl methyl sites for hydroxylation is 1. The molecule has 2 nitrogen and oxygen atoms in total. The summed E-state index contributed by atoms with van der Waals surface area (Å²) in [5.41, 5.74) is 2.65. The third kappa shape index (κ3) is 3.56. The molecule has 2 atom stereocenters. The van der Waals surface area contributed by atoms with Crippen LogP contribution < -0.4 is 5.32 Å². The van der Waals surface area contributed by atoms with E-state index in [1.807, 2.05) is 0 Å². The highest BCUT2D eigenvalue weighted by atomic mass is 16.5. The van der Waals surface area contributed by atoms with Crippen LogP contribution >= 0.6 is 0 Å². The molecule has 1 saturated heterocycles. The van der Waals surface area contributed by atoms with Crippen molar-refractivity contribution in [2.24, 2.45) is 11.8 Å². The molecule has 1 aromatic carbocycles. The highest BCUT2D eigenvalue weighted by Crippen LogP contribution is 2.34. The molecule has 1 aliphatic heterocycles. The van der Waals surface area contributed by atoms with Crippen molar-refractivity contribution in [1.29, 1.82) is 0 Å². The molecule has 0 amide bonds. The van der Waals surface area contributed by atoms with Gasteiger partial charge in [-0.1, -0.05) is 43.7 Å². The molecule has 1 aromatic rings. The van der Waals surface area contributed by atoms with Crippen LogP contribution in [-0.4, -0.2) is 19.7 Å². The minimum absolute atomic E-state index is 0.282. The highest BCUT2D eigenvalue weighted by molar-refractivity contribution is 5.25. The van der Waals surface area contributed by atoms with E-state index < -0.39 is 0 Å². The second-order valence-corrected chi connectivity index (χ2v) is 5.81. The van der Waals surface area contributed by atoms with E-state index in [2.05, 4.69) is 50.4 Å². The quantitative estimate of drug-likeness (QED) is 0.862. The van der Waals surface area contributed by atoms with Crippen molar-refractivity contribution in [2.75, 3.05) is 19.7 Å². The fourth-order valence-electron chi connectivity index (χ4n) is 2.62. The molecular weight excluding hydrogens is 222 g/mol. The van der Waals surface area contributed by atoms with Gasteiger partial charge in [-0.15, -0.1) is 0 Å². The van der Waals surface area contributed by atoms with Gasteiger partial charge >= 0.3 is 0 Å². The molecule has 0 bridgehead atoms. The van der Waals surface area contributed by atoms with Gasteiger partial charge in [0.25, 0.3) is 0 Å². The Morgan fingerprint density at radius 1 is 1.39 bits per heavy atom. The van der Waals surface area contributed by atoms with E-state index in [1.54, 1.807) is 0 Å². The zero-order valence-corrected chi connectivity index (χ0v) is 11.8. The second kappa shape index (κ2) is 6.35. The Morgan fingerprint density at radius 2 is 2.22 bits per heavy atom. The summed E-state index contributed by atoms with van der Waals surface area (Å²) in [7, 11) is 0. The van der Waals surface area contributed by atoms with E-state index in [0.29, 0.717) is 11.8 Å². The Morgan fingerprint density at radius 3 is 2.94 bits per heavy atom. The molecule has 0 spiro atoms. The molecule has 0 saturated carbocycles. The van der Waals surface area contributed by atoms with E-state index in [-0.39, 0.29) is 6.10 Å². The van der Waals surface area contributed by atoms with Crippen LogP contribution in [-0.2, 0) is 4.74 Å². The molecule has 18 heavy (non-hydrogen) atoms. The normalized spacial score (nSPS) is 23.8. The molecule has 2 heteroatoms. The van der Waals surface area contributed by atoms with Gasteiger partial charge in [0.1, 0.15) is 0 Å². The molecule has 0 radical (unpaired) electrons. The molecular formula is C16H25NO. The standard InChI is InChI=1S/C16H25NO/c1-12(2)10-17-11-15-7-8-18-16(15)14-6-4-5-13(3)9-14/h4-6,9,12,15-17H,7-8,10-11H2,1-3H3. The minimum atomic E-state index is 0.282. The van der Waals surface area contributed by atoms with E-state index in [1.165, 1.54) is 17.5 Å². The average molecular weight is 247 g/mol. The van der Waals surface area contributed by atoms with Gasteiger partial charge in [0, 0.05) is 19.1 Å². The van der Waals surface area contributed by atoms with Crippen molar-refractivity contribution in [3.8, 4) is 0 Å². The number of benzene rings is 1. The summed E-state index contributed by atoms with van der Waals surface area (Å²) in [5.74, 6) is 1.33. The Balaban J connectivity index is 1.95. The Bertz CT molecular complexity index is 375. The van der Waals surface area contributed by atoms with Gasteiger partial charge < -0.3 is 10.1 Å². The predicted octanol–water partition coefficient (Wildman–Crippen LogP) is 3.32. The smallest absolute Gasteiger partial charge is 0.0866 e. The molecule has 1 N–H and O–H groups in total. The van der Waals surface area contributed by atoms with Crippen LogP contribution in [0.4, 0.5) is 0 Å². The SMILES string of the molecule is Cc1cccc(C2OCCC2CNCC(C)C)c1. The van der Waals surface area contributed by atoms with Crippen LogP contribution in [0.25, 0.3) is 0 Å². The highest BCUT2D eigenvalue weighted by Gasteiger charge is 2.29. The molecule has 0 aliphatic carbocycles. The zero-order valence-electron chi connectivity index (χ0n) is 11.8. The van der Waals surface area contributed by atoms with E-state index in [9.17, 15) is 0 Å². The lowest BCUT2D eigenvalue weighted by atomic mass is 9.94. The van der Waals surface area contributed by atoms with Crippen LogP contribution in [0.2, 0.25) is 0 Å². The van der Waals surface area contributed by atoms with E-state index in [4.69, 9.17) is 4.74 Å². The van der Waals surface area contributed by atoms with Gasteiger partial charge in [-0.3, -0.25) is 0 Å². The van der Waals surface area contributed by atoms with Gasteiger partial charge in [0.2, 0.25) is 0 Å². The predicted molar refractivity (Wildman–Crippen MR) is 75.7 cm³/mol. The van der Waals surface area contributed by atoms with Crippen molar-refractivity contribution in [3.63, 3.8) is 0 Å². The number of ether oxygens (including phenoxy) is 1. The monoisotopic (exact) mass is 247 g/mol. The fraction of sp³-hybridized carbons (Fsp3) is 0.625. The summed E-state index contributed by atoms with van der Waals surface area (Å²) in [5, 5.41) is 3.56. The van der Waals surface area contributed by atoms with Crippen molar-refractivity contribution in [1.82, 2.24) is 5.32 Å². The first-order valence-electron chi connectivity index (χ1n) is 7.05. The second-order valence-electron chi connectivity index (χ2n) is 5.81. The van der Waals surface area contributed by atoms with Crippen LogP contribution in [0.5, 0.6) is 0 Å². The third-order valence-corrected chi connectivity index (χ3v) is 3.54. The van der Waals surface area contributed by atoms with Crippen LogP contribution in [0.15, 0.2) is 24.3 Å². The molecule has 2 unspecified atom stereocenters. The summed E-state index contributed by atoms with van der Waals surface area (Å²) in [6.45, 7) is 9.69. The Hall–Kier alpha value is -0.860. The van der Waals surface area contributed by atoms with Crippen molar-refractivity contribution >= 4 is 0 Å². The number of hydrogen-bond donors (Lipinski definition) is 1. The summed E-state index contributed by atoms with van der Waals surface area (Å²) in [6, 6.07) is 8.72. The lowest BCUT2D eigenvalue weighted by Crippen LogP contribution is -2.28. The fourth-order valence-corrected chi connectivity index (χ4v) is 2.62. The van der Waals surface area contributed by atoms with Crippen LogP contribution in [0.1, 0.15) is 37.5 Å².